The maximum Gasteiger partial charge on any atom is 0.239 e. The van der Waals surface area contributed by atoms with Crippen LogP contribution in [0.15, 0.2) is 24.3 Å². The number of benzene rings is 1. The number of carbonyl (C=O) groups is 1. The van der Waals surface area contributed by atoms with E-state index in [9.17, 15) is 4.79 Å². The third-order valence-electron chi connectivity index (χ3n) is 4.78. The van der Waals surface area contributed by atoms with Crippen molar-refractivity contribution >= 4 is 5.91 Å². The molecule has 0 unspecified atom stereocenters. The highest BCUT2D eigenvalue weighted by Gasteiger charge is 2.27. The van der Waals surface area contributed by atoms with E-state index < -0.39 is 5.54 Å². The molecule has 0 radical (unpaired) electrons. The van der Waals surface area contributed by atoms with Crippen molar-refractivity contribution in [3.05, 3.63) is 35.4 Å². The van der Waals surface area contributed by atoms with Crippen LogP contribution in [-0.4, -0.2) is 23.1 Å². The summed E-state index contributed by atoms with van der Waals surface area (Å²) in [5.41, 5.74) is 1.42. The van der Waals surface area contributed by atoms with E-state index in [2.05, 4.69) is 10.6 Å². The molecular formula is C19H30N2O2. The zero-order valence-electron chi connectivity index (χ0n) is 14.4. The Morgan fingerprint density at radius 2 is 1.74 bits per heavy atom. The average Bonchev–Trinajstić information content (AvgIpc) is 2.59. The van der Waals surface area contributed by atoms with Crippen molar-refractivity contribution in [3.8, 4) is 0 Å². The van der Waals surface area contributed by atoms with Gasteiger partial charge in [0.2, 0.25) is 5.91 Å². The molecule has 1 aliphatic rings. The molecule has 2 rings (SSSR count). The fourth-order valence-corrected chi connectivity index (χ4v) is 3.02. The van der Waals surface area contributed by atoms with Gasteiger partial charge >= 0.3 is 0 Å². The van der Waals surface area contributed by atoms with E-state index in [0.717, 1.165) is 17.7 Å². The minimum Gasteiger partial charge on any atom is -0.392 e. The fourth-order valence-electron chi connectivity index (χ4n) is 3.02. The van der Waals surface area contributed by atoms with Gasteiger partial charge in [-0.15, -0.1) is 0 Å². The third kappa shape index (κ3) is 5.63. The molecule has 4 heteroatoms. The molecule has 23 heavy (non-hydrogen) atoms. The van der Waals surface area contributed by atoms with Crippen molar-refractivity contribution in [2.45, 2.75) is 64.6 Å². The molecule has 0 aliphatic heterocycles. The molecule has 0 aromatic heterocycles. The number of hydrogen-bond donors (Lipinski definition) is 3. The summed E-state index contributed by atoms with van der Waals surface area (Å²) in [5.74, 6) is 0.713. The summed E-state index contributed by atoms with van der Waals surface area (Å²) in [6, 6.07) is 7.78. The van der Waals surface area contributed by atoms with E-state index in [-0.39, 0.29) is 12.5 Å². The molecule has 1 aromatic carbocycles. The zero-order valence-corrected chi connectivity index (χ0v) is 14.4. The van der Waals surface area contributed by atoms with Crippen molar-refractivity contribution in [1.29, 1.82) is 0 Å². The first kappa shape index (κ1) is 18.0. The quantitative estimate of drug-likeness (QED) is 0.724. The Morgan fingerprint density at radius 1 is 1.13 bits per heavy atom. The number of hydrogen-bond acceptors (Lipinski definition) is 3. The van der Waals surface area contributed by atoms with Gasteiger partial charge in [-0.3, -0.25) is 10.1 Å². The van der Waals surface area contributed by atoms with Crippen LogP contribution in [0.4, 0.5) is 0 Å². The smallest absolute Gasteiger partial charge is 0.239 e. The molecule has 0 heterocycles. The van der Waals surface area contributed by atoms with E-state index >= 15 is 0 Å². The van der Waals surface area contributed by atoms with Crippen LogP contribution in [0, 0.1) is 5.92 Å². The molecule has 0 spiro atoms. The van der Waals surface area contributed by atoms with Crippen LogP contribution < -0.4 is 10.6 Å². The van der Waals surface area contributed by atoms with Crippen LogP contribution in [-0.2, 0) is 17.9 Å². The van der Waals surface area contributed by atoms with Gasteiger partial charge in [0.1, 0.15) is 0 Å². The van der Waals surface area contributed by atoms with Gasteiger partial charge in [-0.05, 0) is 43.7 Å². The van der Waals surface area contributed by atoms with Gasteiger partial charge in [0.25, 0.3) is 0 Å². The van der Waals surface area contributed by atoms with Crippen LogP contribution in [0.2, 0.25) is 0 Å². The normalized spacial score (nSPS) is 16.3. The van der Waals surface area contributed by atoms with Crippen molar-refractivity contribution in [2.24, 2.45) is 5.92 Å². The Hall–Kier alpha value is -1.39. The Labute approximate surface area is 139 Å². The summed E-state index contributed by atoms with van der Waals surface area (Å²) < 4.78 is 0. The maximum absolute atomic E-state index is 12.4. The first-order chi connectivity index (χ1) is 11.0. The Kier molecular flexibility index (Phi) is 6.60. The summed E-state index contributed by atoms with van der Waals surface area (Å²) in [7, 11) is 0. The summed E-state index contributed by atoms with van der Waals surface area (Å²) >= 11 is 0. The molecule has 1 aliphatic carbocycles. The van der Waals surface area contributed by atoms with Gasteiger partial charge in [0.15, 0.2) is 0 Å². The van der Waals surface area contributed by atoms with Gasteiger partial charge in [-0.25, -0.2) is 0 Å². The molecule has 1 saturated carbocycles. The molecule has 0 bridgehead atoms. The lowest BCUT2D eigenvalue weighted by Crippen LogP contribution is -2.53. The summed E-state index contributed by atoms with van der Waals surface area (Å²) in [5, 5.41) is 15.5. The summed E-state index contributed by atoms with van der Waals surface area (Å²) in [4.78, 5) is 12.4. The monoisotopic (exact) mass is 318 g/mol. The largest absolute Gasteiger partial charge is 0.392 e. The topological polar surface area (TPSA) is 61.4 Å². The second-order valence-electron chi connectivity index (χ2n) is 7.17. The lowest BCUT2D eigenvalue weighted by atomic mass is 9.89. The number of nitrogens with one attached hydrogen (secondary N) is 2. The highest BCUT2D eigenvalue weighted by atomic mass is 16.3. The molecule has 4 nitrogen and oxygen atoms in total. The van der Waals surface area contributed by atoms with Crippen LogP contribution in [0.1, 0.15) is 57.1 Å². The molecule has 0 atom stereocenters. The maximum atomic E-state index is 12.4. The SMILES string of the molecule is CC(C)(NCc1ccc(CO)cc1)C(=O)NCC1CCCCC1. The van der Waals surface area contributed by atoms with Crippen LogP contribution in [0.25, 0.3) is 0 Å². The molecule has 0 saturated heterocycles. The van der Waals surface area contributed by atoms with Gasteiger partial charge in [0, 0.05) is 13.1 Å². The molecule has 3 N–H and O–H groups in total. The average molecular weight is 318 g/mol. The molecule has 1 aromatic rings. The van der Waals surface area contributed by atoms with Crippen molar-refractivity contribution in [3.63, 3.8) is 0 Å². The van der Waals surface area contributed by atoms with Gasteiger partial charge in [-0.1, -0.05) is 43.5 Å². The van der Waals surface area contributed by atoms with E-state index in [1.165, 1.54) is 32.1 Å². The number of amides is 1. The zero-order chi connectivity index (χ0) is 16.7. The Bertz CT molecular complexity index is 491. The minimum atomic E-state index is -0.593. The first-order valence-corrected chi connectivity index (χ1v) is 8.73. The van der Waals surface area contributed by atoms with E-state index in [1.54, 1.807) is 0 Å². The number of aliphatic hydroxyl groups excluding tert-OH is 1. The van der Waals surface area contributed by atoms with Gasteiger partial charge in [-0.2, -0.15) is 0 Å². The predicted octanol–water partition coefficient (Wildman–Crippen LogP) is 2.74. The Morgan fingerprint density at radius 3 is 2.35 bits per heavy atom. The van der Waals surface area contributed by atoms with Crippen molar-refractivity contribution in [2.75, 3.05) is 6.54 Å². The molecule has 1 amide bonds. The van der Waals surface area contributed by atoms with Crippen LogP contribution in [0.3, 0.4) is 0 Å². The lowest BCUT2D eigenvalue weighted by molar-refractivity contribution is -0.126. The van der Waals surface area contributed by atoms with Crippen LogP contribution in [0.5, 0.6) is 0 Å². The van der Waals surface area contributed by atoms with E-state index in [1.807, 2.05) is 38.1 Å². The van der Waals surface area contributed by atoms with Crippen molar-refractivity contribution in [1.82, 2.24) is 10.6 Å². The van der Waals surface area contributed by atoms with E-state index in [4.69, 9.17) is 5.11 Å². The predicted molar refractivity (Wildman–Crippen MR) is 92.9 cm³/mol. The second-order valence-corrected chi connectivity index (χ2v) is 7.17. The number of rotatable bonds is 7. The third-order valence-corrected chi connectivity index (χ3v) is 4.78. The van der Waals surface area contributed by atoms with Gasteiger partial charge in [0.05, 0.1) is 12.1 Å². The van der Waals surface area contributed by atoms with Crippen molar-refractivity contribution < 1.29 is 9.90 Å². The number of carbonyl (C=O) groups excluding carboxylic acids is 1. The Balaban J connectivity index is 1.78. The molecule has 1 fully saturated rings. The standard InChI is InChI=1S/C19H30N2O2/c1-19(2,18(23)20-12-15-6-4-3-5-7-15)21-13-16-8-10-17(14-22)11-9-16/h8-11,15,21-22H,3-7,12-14H2,1-2H3,(H,20,23). The molecule has 128 valence electrons. The van der Waals surface area contributed by atoms with Crippen LogP contribution >= 0.6 is 0 Å². The summed E-state index contributed by atoms with van der Waals surface area (Å²) in [6.45, 7) is 5.34. The minimum absolute atomic E-state index is 0.0583. The highest BCUT2D eigenvalue weighted by Crippen LogP contribution is 2.22. The lowest BCUT2D eigenvalue weighted by Gasteiger charge is -2.28. The second kappa shape index (κ2) is 8.46. The fraction of sp³-hybridized carbons (Fsp3) is 0.632. The first-order valence-electron chi connectivity index (χ1n) is 8.73. The highest BCUT2D eigenvalue weighted by molar-refractivity contribution is 5.85. The van der Waals surface area contributed by atoms with E-state index in [0.29, 0.717) is 12.5 Å². The summed E-state index contributed by atoms with van der Waals surface area (Å²) in [6.07, 6.45) is 6.42. The van der Waals surface area contributed by atoms with Gasteiger partial charge < -0.3 is 10.4 Å². The molecular weight excluding hydrogens is 288 g/mol. The number of aliphatic hydroxyl groups is 1.